The summed E-state index contributed by atoms with van der Waals surface area (Å²) in [4.78, 5) is 0. The van der Waals surface area contributed by atoms with Crippen LogP contribution in [0, 0.1) is 0 Å². The van der Waals surface area contributed by atoms with Crippen molar-refractivity contribution in [1.29, 1.82) is 0 Å². The highest BCUT2D eigenvalue weighted by Gasteiger charge is 2.42. The third-order valence-corrected chi connectivity index (χ3v) is 2.56. The van der Waals surface area contributed by atoms with E-state index in [1.165, 1.54) is 0 Å². The fourth-order valence-corrected chi connectivity index (χ4v) is 1.88. The van der Waals surface area contributed by atoms with Crippen molar-refractivity contribution in [3.05, 3.63) is 24.2 Å². The molecule has 1 aliphatic rings. The Morgan fingerprint density at radius 2 is 2.33 bits per heavy atom. The molecule has 2 rings (SSSR count). The van der Waals surface area contributed by atoms with E-state index in [9.17, 15) is 0 Å². The van der Waals surface area contributed by atoms with Crippen molar-refractivity contribution in [2.24, 2.45) is 0 Å². The van der Waals surface area contributed by atoms with Gasteiger partial charge in [-0.2, -0.15) is 0 Å². The third kappa shape index (κ3) is 1.15. The van der Waals surface area contributed by atoms with Crippen LogP contribution in [0.5, 0.6) is 0 Å². The summed E-state index contributed by atoms with van der Waals surface area (Å²) in [5.74, 6) is 1.67. The molecule has 0 amide bonds. The van der Waals surface area contributed by atoms with Gasteiger partial charge in [0, 0.05) is 5.88 Å². The Hall–Kier alpha value is -0.470. The first-order valence-electron chi connectivity index (χ1n) is 4.05. The Labute approximate surface area is 76.5 Å². The standard InChI is InChI=1S/C9H11ClO2/c10-4-3-9(6-11-7-9)8-2-1-5-12-8/h1-2,5H,3-4,6-7H2. The van der Waals surface area contributed by atoms with Crippen LogP contribution in [-0.2, 0) is 10.2 Å². The van der Waals surface area contributed by atoms with Crippen LogP contribution in [0.25, 0.3) is 0 Å². The Kier molecular flexibility index (Phi) is 2.11. The number of furan rings is 1. The first-order valence-corrected chi connectivity index (χ1v) is 4.58. The minimum Gasteiger partial charge on any atom is -0.469 e. The largest absolute Gasteiger partial charge is 0.469 e. The number of halogens is 1. The van der Waals surface area contributed by atoms with Gasteiger partial charge < -0.3 is 9.15 Å². The molecule has 1 fully saturated rings. The molecular weight excluding hydrogens is 176 g/mol. The van der Waals surface area contributed by atoms with Crippen molar-refractivity contribution in [2.45, 2.75) is 11.8 Å². The lowest BCUT2D eigenvalue weighted by Crippen LogP contribution is -2.46. The molecule has 3 heteroatoms. The van der Waals surface area contributed by atoms with E-state index in [2.05, 4.69) is 0 Å². The SMILES string of the molecule is ClCCC1(c2ccco2)COC1. The van der Waals surface area contributed by atoms with E-state index in [0.717, 1.165) is 25.4 Å². The summed E-state index contributed by atoms with van der Waals surface area (Å²) in [6, 6.07) is 3.90. The molecule has 1 saturated heterocycles. The quantitative estimate of drug-likeness (QED) is 0.676. The minimum absolute atomic E-state index is 0.0747. The van der Waals surface area contributed by atoms with Gasteiger partial charge >= 0.3 is 0 Å². The second-order valence-corrected chi connectivity index (χ2v) is 3.57. The molecule has 66 valence electrons. The van der Waals surface area contributed by atoms with Gasteiger partial charge in [-0.3, -0.25) is 0 Å². The van der Waals surface area contributed by atoms with E-state index < -0.39 is 0 Å². The van der Waals surface area contributed by atoms with E-state index in [0.29, 0.717) is 5.88 Å². The molecule has 1 aromatic rings. The van der Waals surface area contributed by atoms with E-state index in [-0.39, 0.29) is 5.41 Å². The highest BCUT2D eigenvalue weighted by Crippen LogP contribution is 2.36. The van der Waals surface area contributed by atoms with Gasteiger partial charge in [0.2, 0.25) is 0 Å². The summed E-state index contributed by atoms with van der Waals surface area (Å²) in [7, 11) is 0. The molecule has 0 radical (unpaired) electrons. The Morgan fingerprint density at radius 3 is 2.75 bits per heavy atom. The molecule has 1 aromatic heterocycles. The zero-order valence-electron chi connectivity index (χ0n) is 6.75. The van der Waals surface area contributed by atoms with Gasteiger partial charge in [0.25, 0.3) is 0 Å². The maximum atomic E-state index is 5.72. The molecule has 0 bridgehead atoms. The van der Waals surface area contributed by atoms with Crippen LogP contribution in [0.15, 0.2) is 22.8 Å². The lowest BCUT2D eigenvalue weighted by atomic mass is 9.81. The molecule has 0 unspecified atom stereocenters. The molecule has 0 aromatic carbocycles. The van der Waals surface area contributed by atoms with Crippen molar-refractivity contribution in [3.8, 4) is 0 Å². The zero-order valence-corrected chi connectivity index (χ0v) is 7.51. The van der Waals surface area contributed by atoms with Crippen LogP contribution in [0.3, 0.4) is 0 Å². The molecule has 0 aliphatic carbocycles. The summed E-state index contributed by atoms with van der Waals surface area (Å²) < 4.78 is 10.6. The summed E-state index contributed by atoms with van der Waals surface area (Å²) >= 11 is 5.72. The summed E-state index contributed by atoms with van der Waals surface area (Å²) in [6.45, 7) is 1.49. The zero-order chi connectivity index (χ0) is 8.44. The van der Waals surface area contributed by atoms with Gasteiger partial charge in [-0.25, -0.2) is 0 Å². The molecule has 0 atom stereocenters. The van der Waals surface area contributed by atoms with Crippen molar-refractivity contribution in [2.75, 3.05) is 19.1 Å². The third-order valence-electron chi connectivity index (χ3n) is 2.37. The number of hydrogen-bond donors (Lipinski definition) is 0. The van der Waals surface area contributed by atoms with Gasteiger partial charge in [0.15, 0.2) is 0 Å². The number of hydrogen-bond acceptors (Lipinski definition) is 2. The predicted octanol–water partition coefficient (Wildman–Crippen LogP) is 2.18. The monoisotopic (exact) mass is 186 g/mol. The average molecular weight is 187 g/mol. The van der Waals surface area contributed by atoms with Crippen molar-refractivity contribution in [1.82, 2.24) is 0 Å². The number of alkyl halides is 1. The molecule has 2 nitrogen and oxygen atoms in total. The first-order chi connectivity index (χ1) is 5.87. The topological polar surface area (TPSA) is 22.4 Å². The highest BCUT2D eigenvalue weighted by molar-refractivity contribution is 6.17. The van der Waals surface area contributed by atoms with Crippen LogP contribution >= 0.6 is 11.6 Å². The second-order valence-electron chi connectivity index (χ2n) is 3.19. The molecule has 0 saturated carbocycles. The van der Waals surface area contributed by atoms with Gasteiger partial charge in [-0.1, -0.05) is 0 Å². The van der Waals surface area contributed by atoms with E-state index in [1.807, 2.05) is 12.1 Å². The molecule has 12 heavy (non-hydrogen) atoms. The van der Waals surface area contributed by atoms with Crippen molar-refractivity contribution >= 4 is 11.6 Å². The van der Waals surface area contributed by atoms with Crippen molar-refractivity contribution in [3.63, 3.8) is 0 Å². The molecule has 0 spiro atoms. The minimum atomic E-state index is 0.0747. The summed E-state index contributed by atoms with van der Waals surface area (Å²) in [5.41, 5.74) is 0.0747. The van der Waals surface area contributed by atoms with Crippen LogP contribution in [0.1, 0.15) is 12.2 Å². The van der Waals surface area contributed by atoms with Crippen LogP contribution in [0.2, 0.25) is 0 Å². The second kappa shape index (κ2) is 3.11. The smallest absolute Gasteiger partial charge is 0.114 e. The first kappa shape index (κ1) is 8.14. The van der Waals surface area contributed by atoms with Gasteiger partial charge in [-0.15, -0.1) is 11.6 Å². The lowest BCUT2D eigenvalue weighted by molar-refractivity contribution is -0.0714. The van der Waals surface area contributed by atoms with Crippen LogP contribution in [-0.4, -0.2) is 19.1 Å². The highest BCUT2D eigenvalue weighted by atomic mass is 35.5. The Morgan fingerprint density at radius 1 is 1.50 bits per heavy atom. The Bertz CT molecular complexity index is 239. The van der Waals surface area contributed by atoms with Crippen molar-refractivity contribution < 1.29 is 9.15 Å². The van der Waals surface area contributed by atoms with E-state index in [1.54, 1.807) is 6.26 Å². The fraction of sp³-hybridized carbons (Fsp3) is 0.556. The van der Waals surface area contributed by atoms with Gasteiger partial charge in [0.1, 0.15) is 5.76 Å². The molecule has 0 N–H and O–H groups in total. The normalized spacial score (nSPS) is 20.4. The number of ether oxygens (including phenoxy) is 1. The average Bonchev–Trinajstić information content (AvgIpc) is 2.48. The number of rotatable bonds is 3. The van der Waals surface area contributed by atoms with Gasteiger partial charge in [0.05, 0.1) is 24.9 Å². The van der Waals surface area contributed by atoms with E-state index >= 15 is 0 Å². The molecule has 2 heterocycles. The fourth-order valence-electron chi connectivity index (χ4n) is 1.52. The summed E-state index contributed by atoms with van der Waals surface area (Å²) in [5, 5.41) is 0. The maximum Gasteiger partial charge on any atom is 0.114 e. The maximum absolute atomic E-state index is 5.72. The lowest BCUT2D eigenvalue weighted by Gasteiger charge is -2.39. The van der Waals surface area contributed by atoms with E-state index in [4.69, 9.17) is 20.8 Å². The predicted molar refractivity (Wildman–Crippen MR) is 46.5 cm³/mol. The Balaban J connectivity index is 2.17. The summed E-state index contributed by atoms with van der Waals surface area (Å²) in [6.07, 6.45) is 2.63. The van der Waals surface area contributed by atoms with Crippen LogP contribution < -0.4 is 0 Å². The van der Waals surface area contributed by atoms with Gasteiger partial charge in [-0.05, 0) is 18.6 Å². The molecular formula is C9H11ClO2. The van der Waals surface area contributed by atoms with Crippen LogP contribution in [0.4, 0.5) is 0 Å². The molecule has 1 aliphatic heterocycles.